The summed E-state index contributed by atoms with van der Waals surface area (Å²) in [5.41, 5.74) is 2.04. The van der Waals surface area contributed by atoms with Crippen LogP contribution in [0.15, 0.2) is 23.1 Å². The summed E-state index contributed by atoms with van der Waals surface area (Å²) >= 11 is 1.73. The molecule has 1 aromatic carbocycles. The maximum absolute atomic E-state index is 11.6. The molecule has 0 aromatic heterocycles. The number of benzene rings is 1. The zero-order valence-electron chi connectivity index (χ0n) is 8.96. The number of hydrogen-bond acceptors (Lipinski definition) is 2. The molecule has 76 valence electrons. The van der Waals surface area contributed by atoms with E-state index in [0.29, 0.717) is 6.42 Å². The molecule has 0 heterocycles. The van der Waals surface area contributed by atoms with Crippen molar-refractivity contribution in [3.63, 3.8) is 0 Å². The van der Waals surface area contributed by atoms with E-state index in [4.69, 9.17) is 0 Å². The van der Waals surface area contributed by atoms with Crippen molar-refractivity contribution >= 4 is 17.5 Å². The smallest absolute Gasteiger partial charge is 0.163 e. The van der Waals surface area contributed by atoms with Crippen LogP contribution in [0.4, 0.5) is 0 Å². The molecule has 0 saturated carbocycles. The summed E-state index contributed by atoms with van der Waals surface area (Å²) in [7, 11) is 0. The lowest BCUT2D eigenvalue weighted by atomic mass is 10.1. The van der Waals surface area contributed by atoms with Gasteiger partial charge in [-0.2, -0.15) is 0 Å². The molecule has 0 aliphatic carbocycles. The molecule has 0 fully saturated rings. The molecule has 1 nitrogen and oxygen atoms in total. The summed E-state index contributed by atoms with van der Waals surface area (Å²) in [5.74, 6) is 1.25. The lowest BCUT2D eigenvalue weighted by Crippen LogP contribution is -1.99. The summed E-state index contributed by atoms with van der Waals surface area (Å²) in [6, 6.07) is 6.10. The second-order valence-corrected chi connectivity index (χ2v) is 4.52. The van der Waals surface area contributed by atoms with Gasteiger partial charge in [0.25, 0.3) is 0 Å². The normalized spacial score (nSPS) is 10.2. The van der Waals surface area contributed by atoms with E-state index in [1.165, 1.54) is 0 Å². The van der Waals surface area contributed by atoms with Crippen LogP contribution in [-0.2, 0) is 0 Å². The van der Waals surface area contributed by atoms with E-state index in [-0.39, 0.29) is 5.78 Å². The molecular weight excluding hydrogens is 192 g/mol. The van der Waals surface area contributed by atoms with Crippen LogP contribution >= 0.6 is 11.8 Å². The topological polar surface area (TPSA) is 17.1 Å². The number of hydrogen-bond donors (Lipinski definition) is 0. The second kappa shape index (κ2) is 5.20. The highest BCUT2D eigenvalue weighted by Crippen LogP contribution is 2.24. The molecular formula is C12H16OS. The Morgan fingerprint density at radius 2 is 2.07 bits per heavy atom. The van der Waals surface area contributed by atoms with Crippen molar-refractivity contribution in [2.75, 3.05) is 5.75 Å². The molecule has 1 rings (SSSR count). The van der Waals surface area contributed by atoms with Crippen LogP contribution in [0.25, 0.3) is 0 Å². The Morgan fingerprint density at radius 3 is 2.64 bits per heavy atom. The quantitative estimate of drug-likeness (QED) is 0.554. The van der Waals surface area contributed by atoms with E-state index in [1.54, 1.807) is 11.8 Å². The Hall–Kier alpha value is -0.760. The lowest BCUT2D eigenvalue weighted by Gasteiger charge is -2.07. The average molecular weight is 208 g/mol. The predicted octanol–water partition coefficient (Wildman–Crippen LogP) is 3.70. The second-order valence-electron chi connectivity index (χ2n) is 3.21. The average Bonchev–Trinajstić information content (AvgIpc) is 2.20. The molecule has 0 N–H and O–H groups in total. The molecule has 0 aliphatic heterocycles. The Labute approximate surface area is 89.9 Å². The Kier molecular flexibility index (Phi) is 4.21. The minimum absolute atomic E-state index is 0.240. The number of ketones is 1. The monoisotopic (exact) mass is 208 g/mol. The van der Waals surface area contributed by atoms with E-state index in [1.807, 2.05) is 26.0 Å². The van der Waals surface area contributed by atoms with Gasteiger partial charge in [0.1, 0.15) is 0 Å². The highest BCUT2D eigenvalue weighted by atomic mass is 32.2. The fourth-order valence-electron chi connectivity index (χ4n) is 1.33. The standard InChI is InChI=1S/C12H16OS/c1-4-11(13)10-8-9(3)6-7-12(10)14-5-2/h6-8H,4-5H2,1-3H3. The van der Waals surface area contributed by atoms with E-state index in [0.717, 1.165) is 21.8 Å². The number of carbonyl (C=O) groups is 1. The summed E-state index contributed by atoms with van der Waals surface area (Å²) in [6.45, 7) is 6.03. The predicted molar refractivity (Wildman–Crippen MR) is 62.2 cm³/mol. The van der Waals surface area contributed by atoms with Gasteiger partial charge in [0, 0.05) is 16.9 Å². The molecule has 0 saturated heterocycles. The SMILES string of the molecule is CCSc1ccc(C)cc1C(=O)CC. The van der Waals surface area contributed by atoms with Gasteiger partial charge >= 0.3 is 0 Å². The molecule has 14 heavy (non-hydrogen) atoms. The van der Waals surface area contributed by atoms with Crippen LogP contribution in [0, 0.1) is 6.92 Å². The third kappa shape index (κ3) is 2.61. The van der Waals surface area contributed by atoms with Gasteiger partial charge in [-0.05, 0) is 24.8 Å². The first kappa shape index (κ1) is 11.3. The minimum atomic E-state index is 0.240. The fraction of sp³-hybridized carbons (Fsp3) is 0.417. The first-order chi connectivity index (χ1) is 6.69. The molecule has 0 spiro atoms. The Bertz CT molecular complexity index is 331. The van der Waals surface area contributed by atoms with Crippen LogP contribution in [-0.4, -0.2) is 11.5 Å². The van der Waals surface area contributed by atoms with Crippen molar-refractivity contribution in [1.29, 1.82) is 0 Å². The molecule has 1 aromatic rings. The van der Waals surface area contributed by atoms with Gasteiger partial charge in [0.15, 0.2) is 5.78 Å². The van der Waals surface area contributed by atoms with Crippen molar-refractivity contribution in [1.82, 2.24) is 0 Å². The van der Waals surface area contributed by atoms with Crippen LogP contribution < -0.4 is 0 Å². The Morgan fingerprint density at radius 1 is 1.36 bits per heavy atom. The summed E-state index contributed by atoms with van der Waals surface area (Å²) in [4.78, 5) is 12.8. The van der Waals surface area contributed by atoms with Crippen LogP contribution in [0.1, 0.15) is 36.2 Å². The zero-order chi connectivity index (χ0) is 10.6. The molecule has 0 amide bonds. The summed E-state index contributed by atoms with van der Waals surface area (Å²) in [6.07, 6.45) is 0.584. The third-order valence-corrected chi connectivity index (χ3v) is 3.01. The van der Waals surface area contributed by atoms with Crippen molar-refractivity contribution in [2.45, 2.75) is 32.1 Å². The van der Waals surface area contributed by atoms with E-state index < -0.39 is 0 Å². The van der Waals surface area contributed by atoms with Crippen LogP contribution in [0.5, 0.6) is 0 Å². The third-order valence-electron chi connectivity index (χ3n) is 2.06. The highest BCUT2D eigenvalue weighted by Gasteiger charge is 2.09. The van der Waals surface area contributed by atoms with Gasteiger partial charge in [-0.3, -0.25) is 4.79 Å². The van der Waals surface area contributed by atoms with E-state index >= 15 is 0 Å². The van der Waals surface area contributed by atoms with Crippen molar-refractivity contribution < 1.29 is 4.79 Å². The molecule has 0 unspecified atom stereocenters. The number of rotatable bonds is 4. The molecule has 2 heteroatoms. The number of aryl methyl sites for hydroxylation is 1. The zero-order valence-corrected chi connectivity index (χ0v) is 9.78. The molecule has 0 aliphatic rings. The minimum Gasteiger partial charge on any atom is -0.294 e. The lowest BCUT2D eigenvalue weighted by molar-refractivity contribution is 0.0985. The molecule has 0 bridgehead atoms. The first-order valence-electron chi connectivity index (χ1n) is 4.95. The van der Waals surface area contributed by atoms with Crippen LogP contribution in [0.3, 0.4) is 0 Å². The first-order valence-corrected chi connectivity index (χ1v) is 5.94. The highest BCUT2D eigenvalue weighted by molar-refractivity contribution is 7.99. The molecule has 0 atom stereocenters. The number of thioether (sulfide) groups is 1. The van der Waals surface area contributed by atoms with Crippen molar-refractivity contribution in [3.05, 3.63) is 29.3 Å². The maximum atomic E-state index is 11.6. The van der Waals surface area contributed by atoms with E-state index in [2.05, 4.69) is 13.0 Å². The summed E-state index contributed by atoms with van der Waals surface area (Å²) < 4.78 is 0. The largest absolute Gasteiger partial charge is 0.294 e. The van der Waals surface area contributed by atoms with E-state index in [9.17, 15) is 4.79 Å². The van der Waals surface area contributed by atoms with Gasteiger partial charge in [-0.25, -0.2) is 0 Å². The van der Waals surface area contributed by atoms with Gasteiger partial charge in [0.05, 0.1) is 0 Å². The Balaban J connectivity index is 3.08. The van der Waals surface area contributed by atoms with Crippen molar-refractivity contribution in [3.8, 4) is 0 Å². The molecule has 0 radical (unpaired) electrons. The van der Waals surface area contributed by atoms with Gasteiger partial charge in [-0.15, -0.1) is 11.8 Å². The van der Waals surface area contributed by atoms with Gasteiger partial charge < -0.3 is 0 Å². The van der Waals surface area contributed by atoms with Gasteiger partial charge in [-0.1, -0.05) is 25.5 Å². The number of carbonyl (C=O) groups excluding carboxylic acids is 1. The van der Waals surface area contributed by atoms with Crippen LogP contribution in [0.2, 0.25) is 0 Å². The maximum Gasteiger partial charge on any atom is 0.163 e. The number of Topliss-reactive ketones (excluding diaryl/α,β-unsaturated/α-hetero) is 1. The summed E-state index contributed by atoms with van der Waals surface area (Å²) in [5, 5.41) is 0. The fourth-order valence-corrected chi connectivity index (χ4v) is 2.14. The van der Waals surface area contributed by atoms with Crippen molar-refractivity contribution in [2.24, 2.45) is 0 Å². The van der Waals surface area contributed by atoms with Gasteiger partial charge in [0.2, 0.25) is 0 Å².